The van der Waals surface area contributed by atoms with Gasteiger partial charge in [-0.05, 0) is 31.2 Å². The van der Waals surface area contributed by atoms with Crippen molar-refractivity contribution in [3.63, 3.8) is 0 Å². The average Bonchev–Trinajstić information content (AvgIpc) is 2.92. The van der Waals surface area contributed by atoms with Crippen LogP contribution in [0.1, 0.15) is 50.3 Å². The quantitative estimate of drug-likeness (QED) is 0.877. The molecular formula is C15H21NO3S. The minimum Gasteiger partial charge on any atom is -0.481 e. The van der Waals surface area contributed by atoms with Crippen LogP contribution in [0.15, 0.2) is 17.5 Å². The molecule has 1 atom stereocenters. The van der Waals surface area contributed by atoms with Crippen LogP contribution in [-0.2, 0) is 15.0 Å². The van der Waals surface area contributed by atoms with Gasteiger partial charge in [0.25, 0.3) is 0 Å². The van der Waals surface area contributed by atoms with Gasteiger partial charge < -0.3 is 10.4 Å². The molecule has 0 saturated heterocycles. The lowest BCUT2D eigenvalue weighted by atomic mass is 9.72. The molecule has 110 valence electrons. The fourth-order valence-corrected chi connectivity index (χ4v) is 3.95. The van der Waals surface area contributed by atoms with Crippen molar-refractivity contribution in [1.82, 2.24) is 5.32 Å². The highest BCUT2D eigenvalue weighted by Gasteiger charge is 2.42. The predicted octanol–water partition coefficient (Wildman–Crippen LogP) is 2.93. The monoisotopic (exact) mass is 295 g/mol. The minimum atomic E-state index is -0.883. The molecule has 1 aliphatic rings. The summed E-state index contributed by atoms with van der Waals surface area (Å²) in [6.07, 6.45) is 4.97. The Morgan fingerprint density at radius 1 is 1.40 bits per heavy atom. The van der Waals surface area contributed by atoms with Crippen molar-refractivity contribution in [3.05, 3.63) is 22.4 Å². The largest absolute Gasteiger partial charge is 0.481 e. The van der Waals surface area contributed by atoms with E-state index >= 15 is 0 Å². The number of amides is 1. The lowest BCUT2D eigenvalue weighted by molar-refractivity contribution is -0.137. The van der Waals surface area contributed by atoms with Gasteiger partial charge in [-0.1, -0.05) is 25.3 Å². The molecule has 4 nitrogen and oxygen atoms in total. The van der Waals surface area contributed by atoms with E-state index in [1.165, 1.54) is 6.42 Å². The molecule has 1 saturated carbocycles. The molecule has 1 aliphatic carbocycles. The standard InChI is InChI=1S/C15H21NO3S/c1-11(10-13(17)18)16-14(19)15(7-3-2-4-8-15)12-6-5-9-20-12/h5-6,9,11H,2-4,7-8,10H2,1H3,(H,16,19)(H,17,18). The molecule has 20 heavy (non-hydrogen) atoms. The van der Waals surface area contributed by atoms with E-state index in [0.29, 0.717) is 0 Å². The number of carboxylic acids is 1. The van der Waals surface area contributed by atoms with Crippen molar-refractivity contribution >= 4 is 23.2 Å². The van der Waals surface area contributed by atoms with E-state index in [-0.39, 0.29) is 18.4 Å². The molecule has 1 amide bonds. The van der Waals surface area contributed by atoms with Crippen LogP contribution in [0.4, 0.5) is 0 Å². The molecule has 2 rings (SSSR count). The van der Waals surface area contributed by atoms with Crippen LogP contribution in [0.2, 0.25) is 0 Å². The number of carboxylic acid groups (broad SMARTS) is 1. The van der Waals surface area contributed by atoms with Gasteiger partial charge in [0.2, 0.25) is 5.91 Å². The highest BCUT2D eigenvalue weighted by molar-refractivity contribution is 7.10. The van der Waals surface area contributed by atoms with Crippen LogP contribution in [0, 0.1) is 0 Å². The molecular weight excluding hydrogens is 274 g/mol. The summed E-state index contributed by atoms with van der Waals surface area (Å²) in [6, 6.07) is 3.67. The summed E-state index contributed by atoms with van der Waals surface area (Å²) in [5.74, 6) is -0.889. The Bertz CT molecular complexity index is 463. The van der Waals surface area contributed by atoms with Gasteiger partial charge in [0, 0.05) is 10.9 Å². The Hall–Kier alpha value is -1.36. The first kappa shape index (κ1) is 15.0. The van der Waals surface area contributed by atoms with Crippen LogP contribution in [0.25, 0.3) is 0 Å². The van der Waals surface area contributed by atoms with E-state index in [1.54, 1.807) is 18.3 Å². The van der Waals surface area contributed by atoms with Gasteiger partial charge in [-0.15, -0.1) is 11.3 Å². The SMILES string of the molecule is CC(CC(=O)O)NC(=O)C1(c2cccs2)CCCCC1. The summed E-state index contributed by atoms with van der Waals surface area (Å²) in [5, 5.41) is 13.7. The fourth-order valence-electron chi connectivity index (χ4n) is 2.97. The Morgan fingerprint density at radius 3 is 2.65 bits per heavy atom. The van der Waals surface area contributed by atoms with Crippen LogP contribution in [0.3, 0.4) is 0 Å². The molecule has 2 N–H and O–H groups in total. The number of carbonyl (C=O) groups excluding carboxylic acids is 1. The first-order chi connectivity index (χ1) is 9.54. The summed E-state index contributed by atoms with van der Waals surface area (Å²) in [7, 11) is 0. The van der Waals surface area contributed by atoms with E-state index in [2.05, 4.69) is 5.32 Å². The third-order valence-corrected chi connectivity index (χ3v) is 5.07. The maximum Gasteiger partial charge on any atom is 0.305 e. The van der Waals surface area contributed by atoms with Gasteiger partial charge in [0.1, 0.15) is 0 Å². The molecule has 1 unspecified atom stereocenters. The zero-order valence-electron chi connectivity index (χ0n) is 11.7. The van der Waals surface area contributed by atoms with E-state index in [0.717, 1.165) is 30.6 Å². The van der Waals surface area contributed by atoms with Gasteiger partial charge in [-0.25, -0.2) is 0 Å². The molecule has 1 fully saturated rings. The van der Waals surface area contributed by atoms with Crippen molar-refractivity contribution in [2.45, 2.75) is 56.9 Å². The number of hydrogen-bond donors (Lipinski definition) is 2. The summed E-state index contributed by atoms with van der Waals surface area (Å²) in [4.78, 5) is 24.5. The molecule has 0 aromatic carbocycles. The smallest absolute Gasteiger partial charge is 0.305 e. The molecule has 5 heteroatoms. The highest BCUT2D eigenvalue weighted by Crippen LogP contribution is 2.41. The van der Waals surface area contributed by atoms with Crippen molar-refractivity contribution in [1.29, 1.82) is 0 Å². The second-order valence-corrected chi connectivity index (χ2v) is 6.54. The zero-order valence-corrected chi connectivity index (χ0v) is 12.5. The lowest BCUT2D eigenvalue weighted by Crippen LogP contribution is -2.48. The van der Waals surface area contributed by atoms with E-state index in [1.807, 2.05) is 17.5 Å². The van der Waals surface area contributed by atoms with Crippen LogP contribution < -0.4 is 5.32 Å². The number of thiophene rings is 1. The van der Waals surface area contributed by atoms with Crippen LogP contribution in [0.5, 0.6) is 0 Å². The third-order valence-electron chi connectivity index (χ3n) is 3.99. The normalized spacial score (nSPS) is 19.2. The van der Waals surface area contributed by atoms with Gasteiger partial charge in [0.05, 0.1) is 11.8 Å². The van der Waals surface area contributed by atoms with E-state index < -0.39 is 11.4 Å². The molecule has 0 spiro atoms. The summed E-state index contributed by atoms with van der Waals surface area (Å²) in [5.41, 5.74) is -0.445. The van der Waals surface area contributed by atoms with Gasteiger partial charge in [0.15, 0.2) is 0 Å². The maximum atomic E-state index is 12.7. The van der Waals surface area contributed by atoms with Gasteiger partial charge in [-0.3, -0.25) is 9.59 Å². The maximum absolute atomic E-state index is 12.7. The Kier molecular flexibility index (Phi) is 4.81. The van der Waals surface area contributed by atoms with Crippen molar-refractivity contribution in [3.8, 4) is 0 Å². The summed E-state index contributed by atoms with van der Waals surface area (Å²) >= 11 is 1.62. The van der Waals surface area contributed by atoms with Crippen molar-refractivity contribution < 1.29 is 14.7 Å². The van der Waals surface area contributed by atoms with Gasteiger partial charge in [-0.2, -0.15) is 0 Å². The molecule has 1 heterocycles. The highest BCUT2D eigenvalue weighted by atomic mass is 32.1. The molecule has 0 bridgehead atoms. The number of nitrogens with one attached hydrogen (secondary N) is 1. The first-order valence-electron chi connectivity index (χ1n) is 7.11. The first-order valence-corrected chi connectivity index (χ1v) is 7.99. The van der Waals surface area contributed by atoms with Gasteiger partial charge >= 0.3 is 5.97 Å². The second kappa shape index (κ2) is 6.39. The lowest BCUT2D eigenvalue weighted by Gasteiger charge is -2.36. The van der Waals surface area contributed by atoms with Crippen LogP contribution >= 0.6 is 11.3 Å². The van der Waals surface area contributed by atoms with E-state index in [9.17, 15) is 9.59 Å². The van der Waals surface area contributed by atoms with E-state index in [4.69, 9.17) is 5.11 Å². The molecule has 1 aromatic heterocycles. The number of rotatable bonds is 5. The zero-order chi connectivity index (χ0) is 14.6. The second-order valence-electron chi connectivity index (χ2n) is 5.59. The topological polar surface area (TPSA) is 66.4 Å². The molecule has 0 aliphatic heterocycles. The van der Waals surface area contributed by atoms with Crippen molar-refractivity contribution in [2.75, 3.05) is 0 Å². The summed E-state index contributed by atoms with van der Waals surface area (Å²) < 4.78 is 0. The van der Waals surface area contributed by atoms with Crippen LogP contribution in [-0.4, -0.2) is 23.0 Å². The number of aliphatic carboxylic acids is 1. The Balaban J connectivity index is 2.15. The third kappa shape index (κ3) is 3.20. The predicted molar refractivity (Wildman–Crippen MR) is 78.9 cm³/mol. The average molecular weight is 295 g/mol. The Labute approximate surface area is 123 Å². The molecule has 0 radical (unpaired) electrons. The van der Waals surface area contributed by atoms with Crippen molar-refractivity contribution in [2.24, 2.45) is 0 Å². The number of carbonyl (C=O) groups is 2. The number of hydrogen-bond acceptors (Lipinski definition) is 3. The fraction of sp³-hybridized carbons (Fsp3) is 0.600. The minimum absolute atomic E-state index is 0.00611. The Morgan fingerprint density at radius 2 is 2.10 bits per heavy atom. The molecule has 1 aromatic rings. The summed E-state index contributed by atoms with van der Waals surface area (Å²) in [6.45, 7) is 1.75.